The molecule has 17 heavy (non-hydrogen) atoms. The molecule has 0 saturated carbocycles. The lowest BCUT2D eigenvalue weighted by molar-refractivity contribution is 0.0953. The number of carbonyl (C=O) groups is 1. The van der Waals surface area contributed by atoms with Crippen LogP contribution >= 0.6 is 15.9 Å². The van der Waals surface area contributed by atoms with Crippen molar-refractivity contribution in [3.05, 3.63) is 29.6 Å². The number of hydrogen-bond acceptors (Lipinski definition) is 2. The van der Waals surface area contributed by atoms with Crippen molar-refractivity contribution in [1.82, 2.24) is 5.32 Å². The van der Waals surface area contributed by atoms with E-state index in [1.165, 1.54) is 25.3 Å². The van der Waals surface area contributed by atoms with E-state index in [0.29, 0.717) is 12.1 Å². The molecule has 0 aromatic heterocycles. The summed E-state index contributed by atoms with van der Waals surface area (Å²) in [5.41, 5.74) is 0.291. The molecule has 0 bridgehead atoms. The Hall–Kier alpha value is -1.10. The van der Waals surface area contributed by atoms with Gasteiger partial charge in [-0.1, -0.05) is 22.9 Å². The van der Waals surface area contributed by atoms with Crippen LogP contribution in [0.5, 0.6) is 5.75 Å². The van der Waals surface area contributed by atoms with Gasteiger partial charge in [-0.05, 0) is 24.6 Å². The smallest absolute Gasteiger partial charge is 0.251 e. The molecule has 0 aliphatic rings. The zero-order chi connectivity index (χ0) is 12.8. The average Bonchev–Trinajstić information content (AvgIpc) is 2.35. The Morgan fingerprint density at radius 1 is 1.59 bits per heavy atom. The van der Waals surface area contributed by atoms with Crippen molar-refractivity contribution >= 4 is 21.8 Å². The first-order valence-corrected chi connectivity index (χ1v) is 6.25. The summed E-state index contributed by atoms with van der Waals surface area (Å²) in [7, 11) is 1.38. The van der Waals surface area contributed by atoms with Crippen LogP contribution in [0.4, 0.5) is 4.39 Å². The van der Waals surface area contributed by atoms with Crippen molar-refractivity contribution in [2.75, 3.05) is 13.7 Å². The van der Waals surface area contributed by atoms with Crippen molar-refractivity contribution in [3.63, 3.8) is 0 Å². The van der Waals surface area contributed by atoms with Gasteiger partial charge in [0.2, 0.25) is 0 Å². The molecule has 0 radical (unpaired) electrons. The number of halogens is 2. The number of alkyl halides is 1. The second-order valence-electron chi connectivity index (χ2n) is 3.56. The number of amides is 1. The zero-order valence-corrected chi connectivity index (χ0v) is 11.4. The Bertz CT molecular complexity index is 398. The number of hydrogen-bond donors (Lipinski definition) is 1. The summed E-state index contributed by atoms with van der Waals surface area (Å²) in [5, 5.41) is 2.72. The molecule has 1 amide bonds. The third-order valence-corrected chi connectivity index (χ3v) is 3.31. The number of carbonyl (C=O) groups excluding carboxylic acids is 1. The lowest BCUT2D eigenvalue weighted by Gasteiger charge is -2.09. The first-order valence-electron chi connectivity index (χ1n) is 5.34. The normalized spacial score (nSPS) is 12.0. The molecule has 0 saturated heterocycles. The summed E-state index contributed by atoms with van der Waals surface area (Å²) in [4.78, 5) is 11.9. The van der Waals surface area contributed by atoms with Crippen LogP contribution in [-0.4, -0.2) is 24.4 Å². The van der Waals surface area contributed by atoms with E-state index in [1.807, 2.05) is 6.92 Å². The standard InChI is InChI=1S/C12H15BrFNO2/c1-3-9(13)7-15-12(16)8-4-5-11(17-2)10(14)6-8/h4-6,9H,3,7H2,1-2H3,(H,15,16). The minimum atomic E-state index is -0.536. The highest BCUT2D eigenvalue weighted by molar-refractivity contribution is 9.09. The first-order chi connectivity index (χ1) is 8.08. The molecule has 1 aromatic rings. The van der Waals surface area contributed by atoms with E-state index in [9.17, 15) is 9.18 Å². The third-order valence-electron chi connectivity index (χ3n) is 2.34. The van der Waals surface area contributed by atoms with Crippen molar-refractivity contribution < 1.29 is 13.9 Å². The van der Waals surface area contributed by atoms with Gasteiger partial charge in [0.15, 0.2) is 11.6 Å². The van der Waals surface area contributed by atoms with Crippen LogP contribution in [0.1, 0.15) is 23.7 Å². The van der Waals surface area contributed by atoms with Gasteiger partial charge in [-0.25, -0.2) is 4.39 Å². The summed E-state index contributed by atoms with van der Waals surface area (Å²) in [6.07, 6.45) is 0.914. The topological polar surface area (TPSA) is 38.3 Å². The van der Waals surface area contributed by atoms with Crippen molar-refractivity contribution in [3.8, 4) is 5.75 Å². The predicted octanol–water partition coefficient (Wildman–Crippen LogP) is 2.74. The maximum atomic E-state index is 13.4. The molecular formula is C12H15BrFNO2. The largest absolute Gasteiger partial charge is 0.494 e. The molecule has 0 spiro atoms. The summed E-state index contributed by atoms with van der Waals surface area (Å²) in [6, 6.07) is 4.14. The van der Waals surface area contributed by atoms with Crippen LogP contribution in [0, 0.1) is 5.82 Å². The minimum absolute atomic E-state index is 0.133. The molecule has 1 unspecified atom stereocenters. The van der Waals surface area contributed by atoms with Crippen molar-refractivity contribution in [1.29, 1.82) is 0 Å². The van der Waals surface area contributed by atoms with E-state index in [1.54, 1.807) is 0 Å². The van der Waals surface area contributed by atoms with Gasteiger partial charge in [0.25, 0.3) is 5.91 Å². The van der Waals surface area contributed by atoms with Gasteiger partial charge >= 0.3 is 0 Å². The zero-order valence-electron chi connectivity index (χ0n) is 9.80. The molecule has 1 rings (SSSR count). The number of nitrogens with one attached hydrogen (secondary N) is 1. The lowest BCUT2D eigenvalue weighted by Crippen LogP contribution is -2.29. The highest BCUT2D eigenvalue weighted by Gasteiger charge is 2.10. The minimum Gasteiger partial charge on any atom is -0.494 e. The molecule has 0 aliphatic carbocycles. The monoisotopic (exact) mass is 303 g/mol. The molecule has 0 fully saturated rings. The second-order valence-corrected chi connectivity index (χ2v) is 4.86. The molecule has 1 aromatic carbocycles. The molecular weight excluding hydrogens is 289 g/mol. The van der Waals surface area contributed by atoms with Crippen LogP contribution in [0.3, 0.4) is 0 Å². The molecule has 0 aliphatic heterocycles. The van der Waals surface area contributed by atoms with Gasteiger partial charge in [-0.2, -0.15) is 0 Å². The van der Waals surface area contributed by atoms with E-state index in [0.717, 1.165) is 6.42 Å². The highest BCUT2D eigenvalue weighted by atomic mass is 79.9. The van der Waals surface area contributed by atoms with Crippen LogP contribution in [0.2, 0.25) is 0 Å². The van der Waals surface area contributed by atoms with E-state index < -0.39 is 5.82 Å². The second kappa shape index (κ2) is 6.59. The first kappa shape index (κ1) is 14.0. The van der Waals surface area contributed by atoms with Gasteiger partial charge in [0, 0.05) is 16.9 Å². The average molecular weight is 304 g/mol. The maximum Gasteiger partial charge on any atom is 0.251 e. The molecule has 3 nitrogen and oxygen atoms in total. The lowest BCUT2D eigenvalue weighted by atomic mass is 10.2. The van der Waals surface area contributed by atoms with E-state index in [4.69, 9.17) is 4.74 Å². The van der Waals surface area contributed by atoms with E-state index in [2.05, 4.69) is 21.2 Å². The summed E-state index contributed by atoms with van der Waals surface area (Å²) in [6.45, 7) is 2.53. The van der Waals surface area contributed by atoms with Gasteiger partial charge in [-0.3, -0.25) is 4.79 Å². The van der Waals surface area contributed by atoms with Gasteiger partial charge in [0.1, 0.15) is 0 Å². The predicted molar refractivity (Wildman–Crippen MR) is 68.3 cm³/mol. The molecule has 1 atom stereocenters. The molecule has 5 heteroatoms. The molecule has 94 valence electrons. The van der Waals surface area contributed by atoms with Gasteiger partial charge < -0.3 is 10.1 Å². The van der Waals surface area contributed by atoms with Gasteiger partial charge in [0.05, 0.1) is 7.11 Å². The Kier molecular flexibility index (Phi) is 5.41. The number of ether oxygens (including phenoxy) is 1. The van der Waals surface area contributed by atoms with E-state index in [-0.39, 0.29) is 16.5 Å². The third kappa shape index (κ3) is 4.00. The number of methoxy groups -OCH3 is 1. The Morgan fingerprint density at radius 2 is 2.29 bits per heavy atom. The fourth-order valence-electron chi connectivity index (χ4n) is 1.26. The number of rotatable bonds is 5. The summed E-state index contributed by atoms with van der Waals surface area (Å²) >= 11 is 3.41. The van der Waals surface area contributed by atoms with Gasteiger partial charge in [-0.15, -0.1) is 0 Å². The van der Waals surface area contributed by atoms with Crippen LogP contribution in [0.15, 0.2) is 18.2 Å². The Balaban J connectivity index is 2.66. The van der Waals surface area contributed by atoms with Crippen molar-refractivity contribution in [2.45, 2.75) is 18.2 Å². The van der Waals surface area contributed by atoms with E-state index >= 15 is 0 Å². The van der Waals surface area contributed by atoms with Crippen molar-refractivity contribution in [2.24, 2.45) is 0 Å². The SMILES string of the molecule is CCC(Br)CNC(=O)c1ccc(OC)c(F)c1. The van der Waals surface area contributed by atoms with Crippen LogP contribution in [0.25, 0.3) is 0 Å². The van der Waals surface area contributed by atoms with Crippen LogP contribution in [-0.2, 0) is 0 Å². The quantitative estimate of drug-likeness (QED) is 0.850. The number of benzene rings is 1. The van der Waals surface area contributed by atoms with Crippen LogP contribution < -0.4 is 10.1 Å². The molecule has 1 N–H and O–H groups in total. The fourth-order valence-corrected chi connectivity index (χ4v) is 1.42. The Morgan fingerprint density at radius 3 is 2.82 bits per heavy atom. The summed E-state index contributed by atoms with van der Waals surface area (Å²) in [5.74, 6) is -0.691. The maximum absolute atomic E-state index is 13.4. The highest BCUT2D eigenvalue weighted by Crippen LogP contribution is 2.17. The fraction of sp³-hybridized carbons (Fsp3) is 0.417. The molecule has 0 heterocycles. The summed E-state index contributed by atoms with van der Waals surface area (Å²) < 4.78 is 18.1. The Labute approximate surface area is 108 Å².